The average Bonchev–Trinajstić information content (AvgIpc) is 2.75. The van der Waals surface area contributed by atoms with Crippen LogP contribution in [0.4, 0.5) is 5.82 Å². The lowest BCUT2D eigenvalue weighted by Crippen LogP contribution is -2.18. The second-order valence-electron chi connectivity index (χ2n) is 3.87. The molecule has 7 nitrogen and oxygen atoms in total. The molecule has 0 bridgehead atoms. The SMILES string of the molecule is COCc1cc(N(C)Cc2nnc(C)o2)ncn1. The lowest BCUT2D eigenvalue weighted by Gasteiger charge is -2.15. The molecule has 2 heterocycles. The normalized spacial score (nSPS) is 10.6. The van der Waals surface area contributed by atoms with E-state index in [1.54, 1.807) is 14.0 Å². The molecule has 0 N–H and O–H groups in total. The van der Waals surface area contributed by atoms with E-state index < -0.39 is 0 Å². The van der Waals surface area contributed by atoms with Gasteiger partial charge in [-0.25, -0.2) is 9.97 Å². The van der Waals surface area contributed by atoms with Gasteiger partial charge in [-0.15, -0.1) is 10.2 Å². The lowest BCUT2D eigenvalue weighted by atomic mass is 10.4. The second kappa shape index (κ2) is 5.54. The van der Waals surface area contributed by atoms with Gasteiger partial charge in [0.1, 0.15) is 12.1 Å². The second-order valence-corrected chi connectivity index (χ2v) is 3.87. The van der Waals surface area contributed by atoms with E-state index in [2.05, 4.69) is 20.2 Å². The summed E-state index contributed by atoms with van der Waals surface area (Å²) in [6.07, 6.45) is 1.51. The van der Waals surface area contributed by atoms with Gasteiger partial charge < -0.3 is 14.1 Å². The maximum atomic E-state index is 5.32. The van der Waals surface area contributed by atoms with Crippen LogP contribution in [-0.2, 0) is 17.9 Å². The van der Waals surface area contributed by atoms with Crippen LogP contribution in [-0.4, -0.2) is 34.3 Å². The maximum Gasteiger partial charge on any atom is 0.235 e. The van der Waals surface area contributed by atoms with Gasteiger partial charge in [-0.05, 0) is 0 Å². The Morgan fingerprint density at radius 3 is 2.83 bits per heavy atom. The van der Waals surface area contributed by atoms with Crippen molar-refractivity contribution < 1.29 is 9.15 Å². The van der Waals surface area contributed by atoms with Gasteiger partial charge >= 0.3 is 0 Å². The van der Waals surface area contributed by atoms with Crippen molar-refractivity contribution in [1.82, 2.24) is 20.2 Å². The molecule has 0 aromatic carbocycles. The van der Waals surface area contributed by atoms with E-state index in [-0.39, 0.29) is 0 Å². The third kappa shape index (κ3) is 3.01. The van der Waals surface area contributed by atoms with E-state index in [1.807, 2.05) is 18.0 Å². The maximum absolute atomic E-state index is 5.32. The van der Waals surface area contributed by atoms with Crippen LogP contribution < -0.4 is 4.90 Å². The number of methoxy groups -OCH3 is 1. The number of rotatable bonds is 5. The fourth-order valence-corrected chi connectivity index (χ4v) is 1.51. The third-order valence-corrected chi connectivity index (χ3v) is 2.33. The van der Waals surface area contributed by atoms with Crippen molar-refractivity contribution in [1.29, 1.82) is 0 Å². The van der Waals surface area contributed by atoms with E-state index in [0.717, 1.165) is 11.5 Å². The number of hydrogen-bond donors (Lipinski definition) is 0. The molecule has 2 aromatic heterocycles. The number of nitrogens with zero attached hydrogens (tertiary/aromatic N) is 5. The Balaban J connectivity index is 2.08. The molecular formula is C11H15N5O2. The monoisotopic (exact) mass is 249 g/mol. The summed E-state index contributed by atoms with van der Waals surface area (Å²) < 4.78 is 10.4. The van der Waals surface area contributed by atoms with E-state index in [9.17, 15) is 0 Å². The van der Waals surface area contributed by atoms with E-state index in [1.165, 1.54) is 6.33 Å². The molecule has 0 amide bonds. The van der Waals surface area contributed by atoms with Crippen molar-refractivity contribution in [2.24, 2.45) is 0 Å². The minimum absolute atomic E-state index is 0.461. The van der Waals surface area contributed by atoms with E-state index in [0.29, 0.717) is 24.9 Å². The lowest BCUT2D eigenvalue weighted by molar-refractivity contribution is 0.181. The predicted molar refractivity (Wildman–Crippen MR) is 63.9 cm³/mol. The Morgan fingerprint density at radius 2 is 2.17 bits per heavy atom. The molecule has 2 rings (SSSR count). The van der Waals surface area contributed by atoms with Gasteiger partial charge in [0.05, 0.1) is 18.8 Å². The summed E-state index contributed by atoms with van der Waals surface area (Å²) >= 11 is 0. The molecule has 0 aliphatic carbocycles. The van der Waals surface area contributed by atoms with Crippen LogP contribution in [0.15, 0.2) is 16.8 Å². The van der Waals surface area contributed by atoms with Crippen LogP contribution in [0.25, 0.3) is 0 Å². The Bertz CT molecular complexity index is 514. The van der Waals surface area contributed by atoms with Crippen LogP contribution >= 0.6 is 0 Å². The van der Waals surface area contributed by atoms with Gasteiger partial charge in [0.25, 0.3) is 0 Å². The molecule has 0 unspecified atom stereocenters. The minimum atomic E-state index is 0.461. The standard InChI is InChI=1S/C11H15N5O2/c1-8-14-15-11(18-8)5-16(2)10-4-9(6-17-3)12-7-13-10/h4,7H,5-6H2,1-3H3. The van der Waals surface area contributed by atoms with Gasteiger partial charge in [0.15, 0.2) is 0 Å². The zero-order valence-electron chi connectivity index (χ0n) is 10.6. The molecule has 0 aliphatic heterocycles. The van der Waals surface area contributed by atoms with Crippen molar-refractivity contribution in [2.75, 3.05) is 19.1 Å². The zero-order chi connectivity index (χ0) is 13.0. The third-order valence-electron chi connectivity index (χ3n) is 2.33. The number of anilines is 1. The van der Waals surface area contributed by atoms with Gasteiger partial charge in [-0.3, -0.25) is 0 Å². The largest absolute Gasteiger partial charge is 0.424 e. The first kappa shape index (κ1) is 12.4. The number of aryl methyl sites for hydroxylation is 1. The van der Waals surface area contributed by atoms with Gasteiger partial charge in [-0.1, -0.05) is 0 Å². The average molecular weight is 249 g/mol. The molecule has 7 heteroatoms. The predicted octanol–water partition coefficient (Wildman–Crippen LogP) is 0.951. The first-order valence-corrected chi connectivity index (χ1v) is 5.49. The van der Waals surface area contributed by atoms with Crippen LogP contribution in [0.2, 0.25) is 0 Å². The molecule has 18 heavy (non-hydrogen) atoms. The molecule has 2 aromatic rings. The topological polar surface area (TPSA) is 77.2 Å². The van der Waals surface area contributed by atoms with Gasteiger partial charge in [0, 0.05) is 27.1 Å². The first-order valence-electron chi connectivity index (χ1n) is 5.49. The quantitative estimate of drug-likeness (QED) is 0.780. The molecule has 96 valence electrons. The zero-order valence-corrected chi connectivity index (χ0v) is 10.6. The van der Waals surface area contributed by atoms with E-state index >= 15 is 0 Å². The highest BCUT2D eigenvalue weighted by atomic mass is 16.5. The van der Waals surface area contributed by atoms with Crippen LogP contribution in [0.3, 0.4) is 0 Å². The number of ether oxygens (including phenoxy) is 1. The van der Waals surface area contributed by atoms with Crippen LogP contribution in [0, 0.1) is 6.92 Å². The van der Waals surface area contributed by atoms with Gasteiger partial charge in [-0.2, -0.15) is 0 Å². The first-order chi connectivity index (χ1) is 8.69. The smallest absolute Gasteiger partial charge is 0.235 e. The highest BCUT2D eigenvalue weighted by Crippen LogP contribution is 2.12. The highest BCUT2D eigenvalue weighted by molar-refractivity contribution is 5.37. The van der Waals surface area contributed by atoms with Crippen molar-refractivity contribution in [2.45, 2.75) is 20.1 Å². The Labute approximate surface area is 105 Å². The molecule has 0 radical (unpaired) electrons. The van der Waals surface area contributed by atoms with Crippen molar-refractivity contribution in [3.05, 3.63) is 29.9 Å². The highest BCUT2D eigenvalue weighted by Gasteiger charge is 2.09. The number of aromatic nitrogens is 4. The summed E-state index contributed by atoms with van der Waals surface area (Å²) in [4.78, 5) is 10.2. The summed E-state index contributed by atoms with van der Waals surface area (Å²) in [5, 5.41) is 7.73. The molecule has 0 aliphatic rings. The summed E-state index contributed by atoms with van der Waals surface area (Å²) in [5.74, 6) is 1.90. The Kier molecular flexibility index (Phi) is 3.83. The van der Waals surface area contributed by atoms with Crippen LogP contribution in [0.5, 0.6) is 0 Å². The van der Waals surface area contributed by atoms with Crippen molar-refractivity contribution >= 4 is 5.82 Å². The van der Waals surface area contributed by atoms with Crippen molar-refractivity contribution in [3.8, 4) is 0 Å². The Hall–Kier alpha value is -2.02. The number of hydrogen-bond acceptors (Lipinski definition) is 7. The fraction of sp³-hybridized carbons (Fsp3) is 0.455. The molecule has 0 spiro atoms. The summed E-state index contributed by atoms with van der Waals surface area (Å²) in [7, 11) is 3.53. The molecule has 0 fully saturated rings. The Morgan fingerprint density at radius 1 is 1.33 bits per heavy atom. The van der Waals surface area contributed by atoms with E-state index in [4.69, 9.17) is 9.15 Å². The summed E-state index contributed by atoms with van der Waals surface area (Å²) in [6.45, 7) is 2.73. The molecular weight excluding hydrogens is 234 g/mol. The molecule has 0 atom stereocenters. The summed E-state index contributed by atoms with van der Waals surface area (Å²) in [6, 6.07) is 1.87. The summed E-state index contributed by atoms with van der Waals surface area (Å²) in [5.41, 5.74) is 0.830. The van der Waals surface area contributed by atoms with Crippen LogP contribution in [0.1, 0.15) is 17.5 Å². The molecule has 0 saturated heterocycles. The molecule has 0 saturated carbocycles. The minimum Gasteiger partial charge on any atom is -0.424 e. The fourth-order valence-electron chi connectivity index (χ4n) is 1.51. The van der Waals surface area contributed by atoms with Crippen molar-refractivity contribution in [3.63, 3.8) is 0 Å². The van der Waals surface area contributed by atoms with Gasteiger partial charge in [0.2, 0.25) is 11.8 Å².